The molecule has 0 radical (unpaired) electrons. The van der Waals surface area contributed by atoms with E-state index in [1.807, 2.05) is 7.05 Å². The van der Waals surface area contributed by atoms with Crippen molar-refractivity contribution in [2.75, 3.05) is 33.2 Å². The highest BCUT2D eigenvalue weighted by molar-refractivity contribution is 4.81. The van der Waals surface area contributed by atoms with Crippen LogP contribution in [0.1, 0.15) is 46.0 Å². The van der Waals surface area contributed by atoms with E-state index in [1.165, 1.54) is 58.3 Å². The number of hydrogen-bond acceptors (Lipinski definition) is 3. The zero-order valence-electron chi connectivity index (χ0n) is 12.0. The normalized spacial score (nSPS) is 21.5. The summed E-state index contributed by atoms with van der Waals surface area (Å²) in [5, 5.41) is 6.85. The highest BCUT2D eigenvalue weighted by atomic mass is 15.2. The van der Waals surface area contributed by atoms with E-state index in [0.29, 0.717) is 6.04 Å². The van der Waals surface area contributed by atoms with Gasteiger partial charge in [0.25, 0.3) is 0 Å². The third-order valence-electron chi connectivity index (χ3n) is 3.49. The third-order valence-corrected chi connectivity index (χ3v) is 3.49. The molecule has 3 heteroatoms. The minimum absolute atomic E-state index is 0.626. The first-order valence-corrected chi connectivity index (χ1v) is 7.35. The van der Waals surface area contributed by atoms with Crippen molar-refractivity contribution >= 4 is 0 Å². The summed E-state index contributed by atoms with van der Waals surface area (Å²) >= 11 is 0. The average Bonchev–Trinajstić information content (AvgIpc) is 2.70. The molecule has 1 rings (SSSR count). The maximum absolute atomic E-state index is 3.64. The van der Waals surface area contributed by atoms with Crippen molar-refractivity contribution in [2.24, 2.45) is 0 Å². The molecule has 102 valence electrons. The Morgan fingerprint density at radius 2 is 1.94 bits per heavy atom. The molecule has 1 aliphatic rings. The first-order valence-electron chi connectivity index (χ1n) is 7.35. The van der Waals surface area contributed by atoms with E-state index in [2.05, 4.69) is 29.4 Å². The van der Waals surface area contributed by atoms with Gasteiger partial charge in [0.2, 0.25) is 0 Å². The van der Waals surface area contributed by atoms with Gasteiger partial charge in [-0.05, 0) is 45.9 Å². The highest BCUT2D eigenvalue weighted by Crippen LogP contribution is 2.11. The minimum atomic E-state index is 0.626. The third kappa shape index (κ3) is 7.02. The molecule has 17 heavy (non-hydrogen) atoms. The van der Waals surface area contributed by atoms with Crippen LogP contribution in [-0.4, -0.2) is 50.2 Å². The Labute approximate surface area is 107 Å². The maximum Gasteiger partial charge on any atom is 0.0209 e. The summed E-state index contributed by atoms with van der Waals surface area (Å²) in [7, 11) is 2.03. The van der Waals surface area contributed by atoms with E-state index in [0.717, 1.165) is 6.04 Å². The predicted octanol–water partition coefficient (Wildman–Crippen LogP) is 1.84. The minimum Gasteiger partial charge on any atom is -0.320 e. The van der Waals surface area contributed by atoms with Gasteiger partial charge in [-0.15, -0.1) is 0 Å². The summed E-state index contributed by atoms with van der Waals surface area (Å²) in [6.45, 7) is 9.50. The summed E-state index contributed by atoms with van der Waals surface area (Å²) in [5.74, 6) is 0. The lowest BCUT2D eigenvalue weighted by Gasteiger charge is -2.18. The van der Waals surface area contributed by atoms with Gasteiger partial charge in [-0.25, -0.2) is 0 Å². The number of nitrogens with one attached hydrogen (secondary N) is 2. The summed E-state index contributed by atoms with van der Waals surface area (Å²) in [6.07, 6.45) is 6.80. The summed E-state index contributed by atoms with van der Waals surface area (Å²) in [6, 6.07) is 1.36. The van der Waals surface area contributed by atoms with Crippen LogP contribution < -0.4 is 10.6 Å². The van der Waals surface area contributed by atoms with Gasteiger partial charge in [0.1, 0.15) is 0 Å². The number of likely N-dealkylation sites (tertiary alicyclic amines) is 1. The van der Waals surface area contributed by atoms with Gasteiger partial charge in [0.15, 0.2) is 0 Å². The summed E-state index contributed by atoms with van der Waals surface area (Å²) < 4.78 is 0. The molecule has 0 aromatic carbocycles. The first-order chi connectivity index (χ1) is 8.22. The Morgan fingerprint density at radius 3 is 2.65 bits per heavy atom. The van der Waals surface area contributed by atoms with Crippen LogP contribution in [0.25, 0.3) is 0 Å². The zero-order valence-corrected chi connectivity index (χ0v) is 12.0. The molecule has 0 unspecified atom stereocenters. The maximum atomic E-state index is 3.64. The Hall–Kier alpha value is -0.120. The molecular weight excluding hydrogens is 210 g/mol. The van der Waals surface area contributed by atoms with Crippen molar-refractivity contribution in [1.82, 2.24) is 15.5 Å². The largest absolute Gasteiger partial charge is 0.320 e. The monoisotopic (exact) mass is 241 g/mol. The van der Waals surface area contributed by atoms with Gasteiger partial charge >= 0.3 is 0 Å². The zero-order chi connectivity index (χ0) is 12.5. The topological polar surface area (TPSA) is 27.3 Å². The van der Waals surface area contributed by atoms with Gasteiger partial charge in [-0.3, -0.25) is 0 Å². The van der Waals surface area contributed by atoms with Crippen LogP contribution in [0.2, 0.25) is 0 Å². The van der Waals surface area contributed by atoms with Crippen molar-refractivity contribution < 1.29 is 0 Å². The Kier molecular flexibility index (Phi) is 7.82. The van der Waals surface area contributed by atoms with Crippen LogP contribution in [0.3, 0.4) is 0 Å². The fourth-order valence-electron chi connectivity index (χ4n) is 2.63. The van der Waals surface area contributed by atoms with E-state index in [4.69, 9.17) is 0 Å². The fourth-order valence-corrected chi connectivity index (χ4v) is 2.63. The highest BCUT2D eigenvalue weighted by Gasteiger charge is 2.21. The molecule has 0 bridgehead atoms. The molecule has 0 aliphatic carbocycles. The van der Waals surface area contributed by atoms with Crippen LogP contribution in [-0.2, 0) is 0 Å². The lowest BCUT2D eigenvalue weighted by Crippen LogP contribution is -2.37. The van der Waals surface area contributed by atoms with E-state index in [1.54, 1.807) is 0 Å². The number of rotatable bonds is 9. The van der Waals surface area contributed by atoms with Gasteiger partial charge in [-0.2, -0.15) is 0 Å². The molecule has 3 nitrogen and oxygen atoms in total. The fraction of sp³-hybridized carbons (Fsp3) is 1.00. The standard InChI is InChI=1S/C14H31N3/c1-13(2)16-14-8-11-17(12-14)10-7-5-4-6-9-15-3/h13-16H,4-12H2,1-3H3/t14-/m0/s1. The molecule has 1 heterocycles. The summed E-state index contributed by atoms with van der Waals surface area (Å²) in [4.78, 5) is 2.62. The van der Waals surface area contributed by atoms with Crippen molar-refractivity contribution in [3.8, 4) is 0 Å². The van der Waals surface area contributed by atoms with E-state index in [-0.39, 0.29) is 0 Å². The molecule has 0 amide bonds. The van der Waals surface area contributed by atoms with Crippen molar-refractivity contribution in [2.45, 2.75) is 58.0 Å². The number of unbranched alkanes of at least 4 members (excludes halogenated alkanes) is 3. The predicted molar refractivity (Wildman–Crippen MR) is 75.5 cm³/mol. The second kappa shape index (κ2) is 8.90. The number of nitrogens with zero attached hydrogens (tertiary/aromatic N) is 1. The Morgan fingerprint density at radius 1 is 1.18 bits per heavy atom. The van der Waals surface area contributed by atoms with E-state index >= 15 is 0 Å². The van der Waals surface area contributed by atoms with Gasteiger partial charge in [0.05, 0.1) is 0 Å². The van der Waals surface area contributed by atoms with Crippen molar-refractivity contribution in [1.29, 1.82) is 0 Å². The molecule has 0 aromatic heterocycles. The molecular formula is C14H31N3. The van der Waals surface area contributed by atoms with E-state index < -0.39 is 0 Å². The van der Waals surface area contributed by atoms with Crippen molar-refractivity contribution in [3.63, 3.8) is 0 Å². The average molecular weight is 241 g/mol. The number of hydrogen-bond donors (Lipinski definition) is 2. The van der Waals surface area contributed by atoms with Crippen LogP contribution in [0.4, 0.5) is 0 Å². The van der Waals surface area contributed by atoms with Crippen LogP contribution in [0, 0.1) is 0 Å². The van der Waals surface area contributed by atoms with Crippen LogP contribution in [0.5, 0.6) is 0 Å². The molecule has 0 spiro atoms. The lowest BCUT2D eigenvalue weighted by molar-refractivity contribution is 0.315. The molecule has 1 saturated heterocycles. The molecule has 0 aromatic rings. The van der Waals surface area contributed by atoms with Gasteiger partial charge in [0, 0.05) is 18.6 Å². The van der Waals surface area contributed by atoms with Crippen LogP contribution >= 0.6 is 0 Å². The SMILES string of the molecule is CNCCCCCCN1CC[C@H](NC(C)C)C1. The Balaban J connectivity index is 1.95. The molecule has 1 atom stereocenters. The smallest absolute Gasteiger partial charge is 0.0209 e. The molecule has 2 N–H and O–H groups in total. The van der Waals surface area contributed by atoms with Gasteiger partial charge < -0.3 is 15.5 Å². The Bertz CT molecular complexity index is 182. The molecule has 1 fully saturated rings. The summed E-state index contributed by atoms with van der Waals surface area (Å²) in [5.41, 5.74) is 0. The molecule has 1 aliphatic heterocycles. The second-order valence-electron chi connectivity index (χ2n) is 5.63. The van der Waals surface area contributed by atoms with Crippen molar-refractivity contribution in [3.05, 3.63) is 0 Å². The van der Waals surface area contributed by atoms with E-state index in [9.17, 15) is 0 Å². The second-order valence-corrected chi connectivity index (χ2v) is 5.63. The first kappa shape index (κ1) is 14.9. The van der Waals surface area contributed by atoms with Gasteiger partial charge in [-0.1, -0.05) is 26.7 Å². The quantitative estimate of drug-likeness (QED) is 0.603. The molecule has 0 saturated carbocycles. The van der Waals surface area contributed by atoms with Crippen LogP contribution in [0.15, 0.2) is 0 Å². The lowest BCUT2D eigenvalue weighted by atomic mass is 10.2.